The highest BCUT2D eigenvalue weighted by molar-refractivity contribution is 9.10. The van der Waals surface area contributed by atoms with Crippen LogP contribution in [-0.2, 0) is 0 Å². The van der Waals surface area contributed by atoms with E-state index in [1.807, 2.05) is 30.9 Å². The van der Waals surface area contributed by atoms with E-state index in [0.717, 1.165) is 41.5 Å². The van der Waals surface area contributed by atoms with E-state index >= 15 is 0 Å². The molecule has 7 heteroatoms. The van der Waals surface area contributed by atoms with Gasteiger partial charge in [-0.25, -0.2) is 18.3 Å². The molecular weight excluding hydrogens is 390 g/mol. The summed E-state index contributed by atoms with van der Waals surface area (Å²) in [6, 6.07) is 7.13. The van der Waals surface area contributed by atoms with Crippen molar-refractivity contribution in [3.63, 3.8) is 0 Å². The predicted molar refractivity (Wildman–Crippen MR) is 97.7 cm³/mol. The predicted octanol–water partition coefficient (Wildman–Crippen LogP) is 5.14. The van der Waals surface area contributed by atoms with Gasteiger partial charge < -0.3 is 4.90 Å². The Balaban J connectivity index is 0.000000880. The second kappa shape index (κ2) is 7.47. The summed E-state index contributed by atoms with van der Waals surface area (Å²) < 4.78 is 30.1. The molecule has 1 atom stereocenters. The van der Waals surface area contributed by atoms with Crippen LogP contribution in [0.5, 0.6) is 0 Å². The molecule has 0 bridgehead atoms. The van der Waals surface area contributed by atoms with Crippen molar-refractivity contribution in [3.05, 3.63) is 58.3 Å². The zero-order valence-corrected chi connectivity index (χ0v) is 15.7. The SMILES string of the molecule is CC.Fc1ccc(F)c(C2CCCN2c2ccc3ncc(Br)n3n2)c1. The lowest BCUT2D eigenvalue weighted by Gasteiger charge is -2.26. The van der Waals surface area contributed by atoms with Gasteiger partial charge in [-0.1, -0.05) is 13.8 Å². The molecule has 132 valence electrons. The molecule has 1 fully saturated rings. The molecule has 0 spiro atoms. The van der Waals surface area contributed by atoms with Crippen LogP contribution in [-0.4, -0.2) is 21.1 Å². The van der Waals surface area contributed by atoms with E-state index in [2.05, 4.69) is 26.0 Å². The van der Waals surface area contributed by atoms with Crippen LogP contribution in [0.4, 0.5) is 14.6 Å². The van der Waals surface area contributed by atoms with E-state index in [9.17, 15) is 8.78 Å². The van der Waals surface area contributed by atoms with Crippen LogP contribution in [0.25, 0.3) is 5.65 Å². The Morgan fingerprint density at radius 2 is 1.96 bits per heavy atom. The standard InChI is InChI=1S/C16H13BrF2N4.C2H6/c17-14-9-20-15-5-6-16(21-23(14)15)22-7-1-2-13(22)11-8-10(18)3-4-12(11)19;1-2/h3-6,8-9,13H,1-2,7H2;1-2H3. The van der Waals surface area contributed by atoms with Gasteiger partial charge in [-0.3, -0.25) is 0 Å². The van der Waals surface area contributed by atoms with Crippen LogP contribution in [0.1, 0.15) is 38.3 Å². The zero-order valence-electron chi connectivity index (χ0n) is 14.1. The molecule has 1 aliphatic rings. The van der Waals surface area contributed by atoms with Crippen molar-refractivity contribution in [3.8, 4) is 0 Å². The number of hydrogen-bond donors (Lipinski definition) is 0. The van der Waals surface area contributed by atoms with E-state index in [1.165, 1.54) is 12.1 Å². The summed E-state index contributed by atoms with van der Waals surface area (Å²) in [4.78, 5) is 6.23. The van der Waals surface area contributed by atoms with Gasteiger partial charge in [0.1, 0.15) is 22.1 Å². The normalized spacial score (nSPS) is 16.8. The smallest absolute Gasteiger partial charge is 0.154 e. The van der Waals surface area contributed by atoms with E-state index in [1.54, 1.807) is 10.7 Å². The van der Waals surface area contributed by atoms with Gasteiger partial charge in [0.05, 0.1) is 12.2 Å². The largest absolute Gasteiger partial charge is 0.348 e. The molecule has 0 saturated carbocycles. The maximum atomic E-state index is 14.1. The van der Waals surface area contributed by atoms with Gasteiger partial charge in [0, 0.05) is 12.1 Å². The van der Waals surface area contributed by atoms with Gasteiger partial charge in [0.15, 0.2) is 5.65 Å². The Morgan fingerprint density at radius 3 is 2.76 bits per heavy atom. The summed E-state index contributed by atoms with van der Waals surface area (Å²) in [6.45, 7) is 4.76. The van der Waals surface area contributed by atoms with Crippen molar-refractivity contribution in [1.82, 2.24) is 14.6 Å². The average Bonchev–Trinajstić information content (AvgIpc) is 3.26. The molecule has 1 saturated heterocycles. The molecule has 0 amide bonds. The summed E-state index contributed by atoms with van der Waals surface area (Å²) >= 11 is 3.40. The van der Waals surface area contributed by atoms with Crippen LogP contribution in [0, 0.1) is 11.6 Å². The second-order valence-corrected chi connectivity index (χ2v) is 6.37. The minimum atomic E-state index is -0.422. The third-order valence-electron chi connectivity index (χ3n) is 4.17. The molecule has 0 radical (unpaired) electrons. The molecule has 0 aliphatic carbocycles. The van der Waals surface area contributed by atoms with E-state index in [-0.39, 0.29) is 11.9 Å². The molecule has 2 aromatic heterocycles. The Morgan fingerprint density at radius 1 is 1.16 bits per heavy atom. The fraction of sp³-hybridized carbons (Fsp3) is 0.333. The monoisotopic (exact) mass is 408 g/mol. The van der Waals surface area contributed by atoms with Crippen molar-refractivity contribution >= 4 is 27.4 Å². The van der Waals surface area contributed by atoms with Gasteiger partial charge in [-0.15, -0.1) is 5.10 Å². The maximum absolute atomic E-state index is 14.1. The number of rotatable bonds is 2. The van der Waals surface area contributed by atoms with Crippen LogP contribution in [0.15, 0.2) is 41.1 Å². The molecule has 4 nitrogen and oxygen atoms in total. The molecule has 3 heterocycles. The minimum absolute atomic E-state index is 0.210. The number of anilines is 1. The lowest BCUT2D eigenvalue weighted by molar-refractivity contribution is 0.559. The average molecular weight is 409 g/mol. The van der Waals surface area contributed by atoms with E-state index < -0.39 is 5.82 Å². The molecule has 1 aliphatic heterocycles. The second-order valence-electron chi connectivity index (χ2n) is 5.56. The van der Waals surface area contributed by atoms with Gasteiger partial charge in [0.2, 0.25) is 0 Å². The van der Waals surface area contributed by atoms with Gasteiger partial charge in [-0.2, -0.15) is 0 Å². The quantitative estimate of drug-likeness (QED) is 0.588. The fourth-order valence-electron chi connectivity index (χ4n) is 3.12. The lowest BCUT2D eigenvalue weighted by Crippen LogP contribution is -2.25. The molecular formula is C18H19BrF2N4. The molecule has 25 heavy (non-hydrogen) atoms. The third kappa shape index (κ3) is 3.38. The number of fused-ring (bicyclic) bond motifs is 1. The first-order chi connectivity index (χ1) is 12.1. The highest BCUT2D eigenvalue weighted by atomic mass is 79.9. The first kappa shape index (κ1) is 17.8. The van der Waals surface area contributed by atoms with Gasteiger partial charge in [-0.05, 0) is 59.1 Å². The number of imidazole rings is 1. The molecule has 0 N–H and O–H groups in total. The molecule has 1 aromatic carbocycles. The first-order valence-corrected chi connectivity index (χ1v) is 9.14. The van der Waals surface area contributed by atoms with Crippen molar-refractivity contribution in [1.29, 1.82) is 0 Å². The minimum Gasteiger partial charge on any atom is -0.348 e. The highest BCUT2D eigenvalue weighted by Gasteiger charge is 2.30. The number of nitrogens with zero attached hydrogens (tertiary/aromatic N) is 4. The summed E-state index contributed by atoms with van der Waals surface area (Å²) in [7, 11) is 0. The van der Waals surface area contributed by atoms with Crippen LogP contribution < -0.4 is 4.90 Å². The summed E-state index contributed by atoms with van der Waals surface area (Å²) in [5.41, 5.74) is 1.11. The molecule has 1 unspecified atom stereocenters. The Bertz CT molecular complexity index is 881. The lowest BCUT2D eigenvalue weighted by atomic mass is 10.0. The van der Waals surface area contributed by atoms with Crippen molar-refractivity contribution in [2.24, 2.45) is 0 Å². The van der Waals surface area contributed by atoms with E-state index in [4.69, 9.17) is 0 Å². The van der Waals surface area contributed by atoms with Gasteiger partial charge >= 0.3 is 0 Å². The third-order valence-corrected chi connectivity index (χ3v) is 4.71. The van der Waals surface area contributed by atoms with Crippen LogP contribution in [0.3, 0.4) is 0 Å². The number of aromatic nitrogens is 3. The van der Waals surface area contributed by atoms with Crippen molar-refractivity contribution in [2.45, 2.75) is 32.7 Å². The summed E-state index contributed by atoms with van der Waals surface area (Å²) in [5, 5.41) is 4.56. The van der Waals surface area contributed by atoms with Crippen LogP contribution in [0.2, 0.25) is 0 Å². The highest BCUT2D eigenvalue weighted by Crippen LogP contribution is 2.36. The van der Waals surface area contributed by atoms with Crippen molar-refractivity contribution < 1.29 is 8.78 Å². The van der Waals surface area contributed by atoms with E-state index in [0.29, 0.717) is 5.56 Å². The first-order valence-electron chi connectivity index (χ1n) is 8.35. The Kier molecular flexibility index (Phi) is 5.32. The number of halogens is 3. The van der Waals surface area contributed by atoms with Crippen LogP contribution >= 0.6 is 15.9 Å². The number of benzene rings is 1. The Labute approximate surface area is 153 Å². The van der Waals surface area contributed by atoms with Gasteiger partial charge in [0.25, 0.3) is 0 Å². The maximum Gasteiger partial charge on any atom is 0.154 e. The summed E-state index contributed by atoms with van der Waals surface area (Å²) in [5.74, 6) is -0.0791. The molecule has 3 aromatic rings. The topological polar surface area (TPSA) is 33.4 Å². The number of hydrogen-bond acceptors (Lipinski definition) is 3. The fourth-order valence-corrected chi connectivity index (χ4v) is 3.49. The molecule has 4 rings (SSSR count). The Hall–Kier alpha value is -2.02. The summed E-state index contributed by atoms with van der Waals surface area (Å²) in [6.07, 6.45) is 3.36. The zero-order chi connectivity index (χ0) is 18.0. The van der Waals surface area contributed by atoms with Crippen molar-refractivity contribution in [2.75, 3.05) is 11.4 Å².